The van der Waals surface area contributed by atoms with E-state index in [0.717, 1.165) is 11.8 Å². The van der Waals surface area contributed by atoms with Crippen molar-refractivity contribution in [2.75, 3.05) is 26.2 Å². The Hall–Kier alpha value is -0.380. The van der Waals surface area contributed by atoms with E-state index in [4.69, 9.17) is 0 Å². The van der Waals surface area contributed by atoms with E-state index in [-0.39, 0.29) is 0 Å². The molecule has 1 saturated heterocycles. The summed E-state index contributed by atoms with van der Waals surface area (Å²) in [6.45, 7) is 7.30. The zero-order valence-electron chi connectivity index (χ0n) is 12.7. The number of likely N-dealkylation sites (tertiary alicyclic amines) is 1. The van der Waals surface area contributed by atoms with Crippen LogP contribution in [0.4, 0.5) is 0 Å². The van der Waals surface area contributed by atoms with Gasteiger partial charge in [0.15, 0.2) is 0 Å². The quantitative estimate of drug-likeness (QED) is 0.855. The molecule has 0 aromatic carbocycles. The second-order valence-corrected chi connectivity index (χ2v) is 7.47. The molecule has 2 nitrogen and oxygen atoms in total. The predicted molar refractivity (Wildman–Crippen MR) is 87.2 cm³/mol. The Labute approximate surface area is 127 Å². The van der Waals surface area contributed by atoms with Crippen molar-refractivity contribution in [1.29, 1.82) is 0 Å². The number of nitrogens with zero attached hydrogens (tertiary/aromatic N) is 1. The first-order chi connectivity index (χ1) is 9.86. The normalized spacial score (nSPS) is 26.4. The first-order valence-electron chi connectivity index (χ1n) is 8.36. The van der Waals surface area contributed by atoms with Crippen molar-refractivity contribution in [2.45, 2.75) is 45.1 Å². The van der Waals surface area contributed by atoms with Gasteiger partial charge in [-0.25, -0.2) is 0 Å². The molecule has 2 fully saturated rings. The maximum Gasteiger partial charge on any atom is 0.0443 e. The second kappa shape index (κ2) is 7.06. The maximum atomic E-state index is 3.93. The van der Waals surface area contributed by atoms with Gasteiger partial charge in [0.2, 0.25) is 0 Å². The first kappa shape index (κ1) is 14.6. The molecule has 20 heavy (non-hydrogen) atoms. The number of hydrogen-bond donors (Lipinski definition) is 1. The van der Waals surface area contributed by atoms with Crippen LogP contribution in [-0.4, -0.2) is 31.1 Å². The average Bonchev–Trinajstić information content (AvgIpc) is 3.22. The van der Waals surface area contributed by atoms with Crippen LogP contribution in [0.15, 0.2) is 17.5 Å². The van der Waals surface area contributed by atoms with E-state index in [1.165, 1.54) is 58.3 Å². The Bertz CT molecular complexity index is 384. The highest BCUT2D eigenvalue weighted by atomic mass is 32.1. The van der Waals surface area contributed by atoms with E-state index >= 15 is 0 Å². The lowest BCUT2D eigenvalue weighted by molar-refractivity contribution is 0.318. The second-order valence-electron chi connectivity index (χ2n) is 6.49. The summed E-state index contributed by atoms with van der Waals surface area (Å²) in [5.74, 6) is 1.73. The molecule has 0 spiro atoms. The fraction of sp³-hybridized carbons (Fsp3) is 0.765. The van der Waals surface area contributed by atoms with E-state index in [1.807, 2.05) is 11.3 Å². The van der Waals surface area contributed by atoms with Crippen LogP contribution >= 0.6 is 11.3 Å². The van der Waals surface area contributed by atoms with E-state index in [2.05, 4.69) is 34.7 Å². The van der Waals surface area contributed by atoms with Gasteiger partial charge in [-0.2, -0.15) is 0 Å². The van der Waals surface area contributed by atoms with Crippen molar-refractivity contribution in [2.24, 2.45) is 11.8 Å². The summed E-state index contributed by atoms with van der Waals surface area (Å²) in [4.78, 5) is 4.14. The third-order valence-electron chi connectivity index (χ3n) is 5.16. The van der Waals surface area contributed by atoms with Gasteiger partial charge < -0.3 is 10.2 Å². The summed E-state index contributed by atoms with van der Waals surface area (Å²) >= 11 is 1.93. The van der Waals surface area contributed by atoms with Crippen molar-refractivity contribution in [1.82, 2.24) is 10.2 Å². The van der Waals surface area contributed by atoms with Gasteiger partial charge in [0.05, 0.1) is 0 Å². The zero-order valence-corrected chi connectivity index (χ0v) is 13.5. The van der Waals surface area contributed by atoms with Gasteiger partial charge in [0.1, 0.15) is 0 Å². The van der Waals surface area contributed by atoms with E-state index < -0.39 is 0 Å². The molecule has 3 heteroatoms. The molecule has 1 aromatic rings. The molecule has 2 unspecified atom stereocenters. The van der Waals surface area contributed by atoms with Gasteiger partial charge in [-0.15, -0.1) is 11.3 Å². The third-order valence-corrected chi connectivity index (χ3v) is 6.12. The standard InChI is InChI=1S/C17H28N2S/c1-2-19-10-9-14(13-19)12-18-17(15-6-3-4-7-15)16-8-5-11-20-16/h5,8,11,14-15,17-18H,2-4,6-7,9-10,12-13H2,1H3. The SMILES string of the molecule is CCN1CCC(CNC(c2cccs2)C2CCCC2)C1. The Balaban J connectivity index is 1.56. The molecule has 112 valence electrons. The topological polar surface area (TPSA) is 15.3 Å². The van der Waals surface area contributed by atoms with Crippen molar-refractivity contribution in [3.8, 4) is 0 Å². The van der Waals surface area contributed by atoms with Crippen LogP contribution in [0.1, 0.15) is 49.9 Å². The lowest BCUT2D eigenvalue weighted by Gasteiger charge is -2.25. The van der Waals surface area contributed by atoms with Crippen LogP contribution in [0, 0.1) is 11.8 Å². The maximum absolute atomic E-state index is 3.93. The minimum atomic E-state index is 0.619. The zero-order chi connectivity index (χ0) is 13.8. The highest BCUT2D eigenvalue weighted by molar-refractivity contribution is 7.10. The van der Waals surface area contributed by atoms with Crippen LogP contribution < -0.4 is 5.32 Å². The number of nitrogens with one attached hydrogen (secondary N) is 1. The molecule has 2 heterocycles. The van der Waals surface area contributed by atoms with Gasteiger partial charge in [0, 0.05) is 17.5 Å². The molecule has 0 bridgehead atoms. The number of thiophene rings is 1. The smallest absolute Gasteiger partial charge is 0.0443 e. The molecular weight excluding hydrogens is 264 g/mol. The molecule has 1 N–H and O–H groups in total. The van der Waals surface area contributed by atoms with Crippen molar-refractivity contribution in [3.63, 3.8) is 0 Å². The van der Waals surface area contributed by atoms with Gasteiger partial charge in [0.25, 0.3) is 0 Å². The highest BCUT2D eigenvalue weighted by Crippen LogP contribution is 2.37. The minimum absolute atomic E-state index is 0.619. The molecule has 0 radical (unpaired) electrons. The van der Waals surface area contributed by atoms with Crippen LogP contribution in [0.3, 0.4) is 0 Å². The minimum Gasteiger partial charge on any atom is -0.309 e. The largest absolute Gasteiger partial charge is 0.309 e. The monoisotopic (exact) mass is 292 g/mol. The van der Waals surface area contributed by atoms with Crippen LogP contribution in [0.25, 0.3) is 0 Å². The van der Waals surface area contributed by atoms with Gasteiger partial charge >= 0.3 is 0 Å². The van der Waals surface area contributed by atoms with Crippen LogP contribution in [0.2, 0.25) is 0 Å². The van der Waals surface area contributed by atoms with E-state index in [9.17, 15) is 0 Å². The van der Waals surface area contributed by atoms with E-state index in [0.29, 0.717) is 6.04 Å². The fourth-order valence-electron chi connectivity index (χ4n) is 3.92. The van der Waals surface area contributed by atoms with Gasteiger partial charge in [-0.1, -0.05) is 25.8 Å². The molecule has 2 aliphatic rings. The summed E-state index contributed by atoms with van der Waals surface area (Å²) in [7, 11) is 0. The molecule has 1 aliphatic heterocycles. The Morgan fingerprint density at radius 1 is 1.35 bits per heavy atom. The van der Waals surface area contributed by atoms with Crippen LogP contribution in [0.5, 0.6) is 0 Å². The average molecular weight is 292 g/mol. The van der Waals surface area contributed by atoms with Crippen molar-refractivity contribution < 1.29 is 0 Å². The summed E-state index contributed by atoms with van der Waals surface area (Å²) in [5, 5.41) is 6.16. The molecular formula is C17H28N2S. The molecule has 3 rings (SSSR count). The highest BCUT2D eigenvalue weighted by Gasteiger charge is 2.28. The lowest BCUT2D eigenvalue weighted by Crippen LogP contribution is -2.32. The predicted octanol–water partition coefficient (Wildman–Crippen LogP) is 3.91. The van der Waals surface area contributed by atoms with Crippen LogP contribution in [-0.2, 0) is 0 Å². The number of hydrogen-bond acceptors (Lipinski definition) is 3. The lowest BCUT2D eigenvalue weighted by atomic mass is 9.96. The Kier molecular flexibility index (Phi) is 5.14. The summed E-state index contributed by atoms with van der Waals surface area (Å²) in [5.41, 5.74) is 0. The molecule has 2 atom stereocenters. The fourth-order valence-corrected chi connectivity index (χ4v) is 4.81. The molecule has 1 aliphatic carbocycles. The molecule has 1 saturated carbocycles. The molecule has 0 amide bonds. The third kappa shape index (κ3) is 3.44. The van der Waals surface area contributed by atoms with Crippen molar-refractivity contribution >= 4 is 11.3 Å². The summed E-state index contributed by atoms with van der Waals surface area (Å²) in [6.07, 6.45) is 7.08. The Morgan fingerprint density at radius 2 is 2.20 bits per heavy atom. The van der Waals surface area contributed by atoms with Gasteiger partial charge in [-0.05, 0) is 62.2 Å². The molecule has 1 aromatic heterocycles. The number of rotatable bonds is 6. The summed E-state index contributed by atoms with van der Waals surface area (Å²) < 4.78 is 0. The first-order valence-corrected chi connectivity index (χ1v) is 9.24. The summed E-state index contributed by atoms with van der Waals surface area (Å²) in [6, 6.07) is 5.15. The van der Waals surface area contributed by atoms with E-state index in [1.54, 1.807) is 4.88 Å². The van der Waals surface area contributed by atoms with Crippen molar-refractivity contribution in [3.05, 3.63) is 22.4 Å². The Morgan fingerprint density at radius 3 is 2.85 bits per heavy atom. The van der Waals surface area contributed by atoms with Gasteiger partial charge in [-0.3, -0.25) is 0 Å².